The molecule has 0 radical (unpaired) electrons. The summed E-state index contributed by atoms with van der Waals surface area (Å²) in [6.07, 6.45) is 1.98. The number of halogens is 1. The van der Waals surface area contributed by atoms with Crippen LogP contribution in [-0.2, 0) is 28.6 Å². The number of allylic oxidation sites excluding steroid dienone is 2. The van der Waals surface area contributed by atoms with Crippen molar-refractivity contribution in [2.75, 3.05) is 4.90 Å². The van der Waals surface area contributed by atoms with E-state index in [9.17, 15) is 19.5 Å². The molecule has 9 nitrogen and oxygen atoms in total. The van der Waals surface area contributed by atoms with Crippen molar-refractivity contribution in [1.82, 2.24) is 13.9 Å². The zero-order valence-corrected chi connectivity index (χ0v) is 23.7. The molecular formula is C32H27ClN4O5. The monoisotopic (exact) mass is 582 g/mol. The topological polar surface area (TPSA) is 107 Å². The molecule has 7 rings (SSSR count). The number of carbonyl (C=O) groups excluding carboxylic acids is 2. The van der Waals surface area contributed by atoms with Gasteiger partial charge in [-0.05, 0) is 48.2 Å². The van der Waals surface area contributed by atoms with E-state index in [0.29, 0.717) is 33.0 Å². The lowest BCUT2D eigenvalue weighted by molar-refractivity contribution is -0.124. The summed E-state index contributed by atoms with van der Waals surface area (Å²) in [4.78, 5) is 57.1. The van der Waals surface area contributed by atoms with Crippen molar-refractivity contribution >= 4 is 29.1 Å². The van der Waals surface area contributed by atoms with Gasteiger partial charge in [-0.3, -0.25) is 9.59 Å². The van der Waals surface area contributed by atoms with Gasteiger partial charge in [0.2, 0.25) is 11.8 Å². The fourth-order valence-electron chi connectivity index (χ4n) is 7.37. The lowest BCUT2D eigenvalue weighted by atomic mass is 9.53. The third kappa shape index (κ3) is 3.31. The standard InChI is InChI=1S/C32H27ClN4O5/c1-18-8-6-13-23(27(18)38)26-22-14-15-35-30(41)34(2)31(42)37(35)25(22)17-24-28(39)36(21-12-7-11-20(33)16-21)29(40)32(24,26)19-9-4-3-5-10-19/h3-14,16,24-26,38H,15,17H2,1-2H3. The summed E-state index contributed by atoms with van der Waals surface area (Å²) in [6, 6.07) is 20.5. The molecule has 4 aromatic rings. The minimum atomic E-state index is -1.45. The van der Waals surface area contributed by atoms with Gasteiger partial charge in [-0.1, -0.05) is 72.3 Å². The first-order chi connectivity index (χ1) is 20.2. The number of phenols is 1. The van der Waals surface area contributed by atoms with Crippen molar-refractivity contribution in [1.29, 1.82) is 0 Å². The van der Waals surface area contributed by atoms with Crippen LogP contribution in [0.2, 0.25) is 5.02 Å². The number of imide groups is 1. The van der Waals surface area contributed by atoms with Crippen LogP contribution in [0.3, 0.4) is 0 Å². The zero-order chi connectivity index (χ0) is 29.5. The van der Waals surface area contributed by atoms with Gasteiger partial charge in [-0.15, -0.1) is 0 Å². The van der Waals surface area contributed by atoms with E-state index in [4.69, 9.17) is 11.6 Å². The minimum absolute atomic E-state index is 0.0166. The van der Waals surface area contributed by atoms with E-state index >= 15 is 4.79 Å². The average Bonchev–Trinajstić information content (AvgIpc) is 3.35. The second kappa shape index (κ2) is 9.19. The predicted molar refractivity (Wildman–Crippen MR) is 157 cm³/mol. The number of anilines is 1. The molecule has 2 fully saturated rings. The second-order valence-corrected chi connectivity index (χ2v) is 11.6. The van der Waals surface area contributed by atoms with Gasteiger partial charge in [0, 0.05) is 23.6 Å². The van der Waals surface area contributed by atoms with Crippen molar-refractivity contribution in [2.45, 2.75) is 37.3 Å². The molecule has 3 heterocycles. The Morgan fingerprint density at radius 1 is 0.929 bits per heavy atom. The first-order valence-electron chi connectivity index (χ1n) is 13.7. The number of fused-ring (bicyclic) bond motifs is 4. The lowest BCUT2D eigenvalue weighted by Gasteiger charge is -2.49. The zero-order valence-electron chi connectivity index (χ0n) is 22.9. The van der Waals surface area contributed by atoms with Gasteiger partial charge in [-0.2, -0.15) is 0 Å². The summed E-state index contributed by atoms with van der Waals surface area (Å²) in [7, 11) is 1.43. The first-order valence-corrected chi connectivity index (χ1v) is 14.1. The maximum Gasteiger partial charge on any atom is 0.347 e. The molecule has 212 valence electrons. The summed E-state index contributed by atoms with van der Waals surface area (Å²) in [6.45, 7) is 1.89. The van der Waals surface area contributed by atoms with Crippen LogP contribution in [0, 0.1) is 12.8 Å². The van der Waals surface area contributed by atoms with Crippen molar-refractivity contribution in [2.24, 2.45) is 13.0 Å². The third-order valence-corrected chi connectivity index (χ3v) is 9.44. The molecule has 2 aliphatic heterocycles. The number of aryl methyl sites for hydroxylation is 1. The van der Waals surface area contributed by atoms with Crippen molar-refractivity contribution < 1.29 is 14.7 Å². The highest BCUT2D eigenvalue weighted by molar-refractivity contribution is 6.32. The van der Waals surface area contributed by atoms with Gasteiger partial charge >= 0.3 is 11.4 Å². The number of para-hydroxylation sites is 1. The van der Waals surface area contributed by atoms with Gasteiger partial charge in [0.25, 0.3) is 0 Å². The Bertz CT molecular complexity index is 1960. The molecule has 4 unspecified atom stereocenters. The molecule has 1 aliphatic carbocycles. The number of amides is 2. The van der Waals surface area contributed by atoms with Crippen LogP contribution >= 0.6 is 11.6 Å². The van der Waals surface area contributed by atoms with E-state index in [0.717, 1.165) is 4.57 Å². The molecule has 0 bridgehead atoms. The summed E-state index contributed by atoms with van der Waals surface area (Å²) in [5.41, 5.74) is 0.369. The molecular weight excluding hydrogens is 556 g/mol. The largest absolute Gasteiger partial charge is 0.507 e. The smallest absolute Gasteiger partial charge is 0.347 e. The Kier molecular flexibility index (Phi) is 5.75. The summed E-state index contributed by atoms with van der Waals surface area (Å²) < 4.78 is 3.83. The Morgan fingerprint density at radius 2 is 1.67 bits per heavy atom. The number of nitrogens with zero attached hydrogens (tertiary/aromatic N) is 4. The Hall–Kier alpha value is -4.63. The van der Waals surface area contributed by atoms with Crippen LogP contribution in [0.5, 0.6) is 5.75 Å². The van der Waals surface area contributed by atoms with Crippen molar-refractivity contribution in [3.8, 4) is 5.75 Å². The Labute approximate surface area is 245 Å². The SMILES string of the molecule is Cc1cccc(C2C3=CCn4c(=O)n(C)c(=O)n4C3CC3C(=O)N(c4cccc(Cl)c4)C(=O)C32c2ccccc2)c1O. The minimum Gasteiger partial charge on any atom is -0.507 e. The van der Waals surface area contributed by atoms with Crippen LogP contribution in [0.1, 0.15) is 35.1 Å². The quantitative estimate of drug-likeness (QED) is 0.292. The van der Waals surface area contributed by atoms with Gasteiger partial charge < -0.3 is 5.11 Å². The molecule has 1 saturated carbocycles. The summed E-state index contributed by atoms with van der Waals surface area (Å²) in [5.74, 6) is -2.58. The maximum atomic E-state index is 15.0. The molecule has 1 N–H and O–H groups in total. The number of rotatable bonds is 3. The van der Waals surface area contributed by atoms with Crippen LogP contribution in [0.25, 0.3) is 0 Å². The van der Waals surface area contributed by atoms with Gasteiger partial charge in [0.05, 0.1) is 29.6 Å². The highest BCUT2D eigenvalue weighted by Crippen LogP contribution is 2.63. The fourth-order valence-corrected chi connectivity index (χ4v) is 7.56. The number of hydrogen-bond acceptors (Lipinski definition) is 5. The van der Waals surface area contributed by atoms with E-state index < -0.39 is 46.5 Å². The maximum absolute atomic E-state index is 15.0. The second-order valence-electron chi connectivity index (χ2n) is 11.2. The molecule has 42 heavy (non-hydrogen) atoms. The molecule has 1 aromatic heterocycles. The predicted octanol–water partition coefficient (Wildman–Crippen LogP) is 3.81. The molecule has 0 spiro atoms. The molecule has 3 aliphatic rings. The highest BCUT2D eigenvalue weighted by Gasteiger charge is 2.69. The normalized spacial score (nSPS) is 24.7. The Morgan fingerprint density at radius 3 is 2.40 bits per heavy atom. The van der Waals surface area contributed by atoms with E-state index in [1.807, 2.05) is 42.5 Å². The lowest BCUT2D eigenvalue weighted by Crippen LogP contribution is -2.53. The summed E-state index contributed by atoms with van der Waals surface area (Å²) >= 11 is 6.31. The van der Waals surface area contributed by atoms with E-state index in [1.165, 1.54) is 21.3 Å². The third-order valence-electron chi connectivity index (χ3n) is 9.20. The van der Waals surface area contributed by atoms with E-state index in [1.54, 1.807) is 43.3 Å². The molecule has 3 aromatic carbocycles. The van der Waals surface area contributed by atoms with Crippen LogP contribution in [0.15, 0.2) is 94.0 Å². The average molecular weight is 583 g/mol. The number of benzene rings is 3. The van der Waals surface area contributed by atoms with Gasteiger partial charge in [-0.25, -0.2) is 28.4 Å². The van der Waals surface area contributed by atoms with Crippen LogP contribution in [-0.4, -0.2) is 30.9 Å². The first kappa shape index (κ1) is 26.3. The summed E-state index contributed by atoms with van der Waals surface area (Å²) in [5, 5.41) is 11.9. The number of carbonyl (C=O) groups is 2. The van der Waals surface area contributed by atoms with Crippen molar-refractivity contribution in [3.05, 3.63) is 127 Å². The number of aromatic nitrogens is 3. The van der Waals surface area contributed by atoms with E-state index in [-0.39, 0.29) is 18.7 Å². The number of aromatic hydroxyl groups is 1. The van der Waals surface area contributed by atoms with Crippen LogP contribution < -0.4 is 16.3 Å². The number of phenolic OH excluding ortho intramolecular Hbond substituents is 1. The van der Waals surface area contributed by atoms with Gasteiger partial charge in [0.1, 0.15) is 5.75 Å². The van der Waals surface area contributed by atoms with E-state index in [2.05, 4.69) is 0 Å². The number of hydrogen-bond donors (Lipinski definition) is 1. The highest BCUT2D eigenvalue weighted by atomic mass is 35.5. The molecule has 10 heteroatoms. The molecule has 4 atom stereocenters. The van der Waals surface area contributed by atoms with Crippen molar-refractivity contribution in [3.63, 3.8) is 0 Å². The Balaban J connectivity index is 1.58. The van der Waals surface area contributed by atoms with Crippen LogP contribution in [0.4, 0.5) is 5.69 Å². The molecule has 2 amide bonds. The van der Waals surface area contributed by atoms with Gasteiger partial charge in [0.15, 0.2) is 0 Å². The fraction of sp³-hybridized carbons (Fsp3) is 0.250. The molecule has 1 saturated heterocycles.